The van der Waals surface area contributed by atoms with Crippen LogP contribution in [0.4, 0.5) is 0 Å². The molecule has 6 heteroatoms. The van der Waals surface area contributed by atoms with Gasteiger partial charge < -0.3 is 9.72 Å². The smallest absolute Gasteiger partial charge is 0.247 e. The Morgan fingerprint density at radius 1 is 0.955 bits per heavy atom. The Balaban J connectivity index is 1.86. The Morgan fingerprint density at radius 2 is 1.82 bits per heavy atom. The van der Waals surface area contributed by atoms with Crippen molar-refractivity contribution in [3.63, 3.8) is 0 Å². The van der Waals surface area contributed by atoms with Gasteiger partial charge in [0.2, 0.25) is 5.88 Å². The molecule has 0 aliphatic heterocycles. The first-order valence-electron chi connectivity index (χ1n) is 6.57. The van der Waals surface area contributed by atoms with Gasteiger partial charge in [-0.05, 0) is 18.2 Å². The Morgan fingerprint density at radius 3 is 2.68 bits per heavy atom. The van der Waals surface area contributed by atoms with E-state index in [2.05, 4.69) is 15.0 Å². The van der Waals surface area contributed by atoms with E-state index in [1.54, 1.807) is 18.2 Å². The summed E-state index contributed by atoms with van der Waals surface area (Å²) < 4.78 is 5.83. The lowest BCUT2D eigenvalue weighted by molar-refractivity contribution is 0.467. The van der Waals surface area contributed by atoms with Crippen molar-refractivity contribution in [3.8, 4) is 11.6 Å². The van der Waals surface area contributed by atoms with Crippen molar-refractivity contribution >= 4 is 45.1 Å². The van der Waals surface area contributed by atoms with Crippen LogP contribution in [0.15, 0.2) is 48.8 Å². The molecule has 1 N–H and O–H groups in total. The van der Waals surface area contributed by atoms with E-state index >= 15 is 0 Å². The standard InChI is InChI=1S/C16H9Cl2N3O/c17-11-6-5-9(7-12(11)18)22-16-15-14(19-8-20-16)10-3-1-2-4-13(10)21-15/h1-8,21H. The highest BCUT2D eigenvalue weighted by molar-refractivity contribution is 6.42. The summed E-state index contributed by atoms with van der Waals surface area (Å²) in [7, 11) is 0. The first-order valence-corrected chi connectivity index (χ1v) is 7.32. The molecule has 2 heterocycles. The van der Waals surface area contributed by atoms with Crippen LogP contribution in [0.25, 0.3) is 21.9 Å². The summed E-state index contributed by atoms with van der Waals surface area (Å²) in [6.45, 7) is 0. The second-order valence-corrected chi connectivity index (χ2v) is 5.57. The third-order valence-corrected chi connectivity index (χ3v) is 4.10. The third-order valence-electron chi connectivity index (χ3n) is 3.36. The Labute approximate surface area is 135 Å². The van der Waals surface area contributed by atoms with Gasteiger partial charge in [0.1, 0.15) is 23.1 Å². The van der Waals surface area contributed by atoms with Gasteiger partial charge in [-0.15, -0.1) is 0 Å². The molecule has 2 aromatic heterocycles. The normalized spacial score (nSPS) is 11.2. The Kier molecular flexibility index (Phi) is 3.13. The summed E-state index contributed by atoms with van der Waals surface area (Å²) in [6.07, 6.45) is 1.48. The van der Waals surface area contributed by atoms with Gasteiger partial charge >= 0.3 is 0 Å². The number of nitrogens with one attached hydrogen (secondary N) is 1. The van der Waals surface area contributed by atoms with Gasteiger partial charge in [-0.25, -0.2) is 4.98 Å². The van der Waals surface area contributed by atoms with Crippen molar-refractivity contribution < 1.29 is 4.74 Å². The van der Waals surface area contributed by atoms with E-state index in [9.17, 15) is 0 Å². The van der Waals surface area contributed by atoms with E-state index in [0.29, 0.717) is 21.7 Å². The molecule has 0 bridgehead atoms. The zero-order valence-electron chi connectivity index (χ0n) is 11.2. The largest absolute Gasteiger partial charge is 0.437 e. The predicted octanol–water partition coefficient (Wildman–Crippen LogP) is 5.21. The van der Waals surface area contributed by atoms with Gasteiger partial charge in [-0.3, -0.25) is 0 Å². The zero-order chi connectivity index (χ0) is 15.1. The molecule has 4 rings (SSSR count). The van der Waals surface area contributed by atoms with Crippen molar-refractivity contribution in [2.24, 2.45) is 0 Å². The fourth-order valence-electron chi connectivity index (χ4n) is 2.35. The van der Waals surface area contributed by atoms with Crippen LogP contribution in [-0.2, 0) is 0 Å². The third kappa shape index (κ3) is 2.17. The molecule has 4 nitrogen and oxygen atoms in total. The lowest BCUT2D eigenvalue weighted by atomic mass is 10.2. The summed E-state index contributed by atoms with van der Waals surface area (Å²) in [4.78, 5) is 11.8. The van der Waals surface area contributed by atoms with E-state index in [1.807, 2.05) is 24.3 Å². The quantitative estimate of drug-likeness (QED) is 0.549. The number of aromatic amines is 1. The van der Waals surface area contributed by atoms with Crippen LogP contribution >= 0.6 is 23.2 Å². The number of para-hydroxylation sites is 1. The molecule has 0 saturated heterocycles. The van der Waals surface area contributed by atoms with Gasteiger partial charge in [0.05, 0.1) is 10.0 Å². The minimum absolute atomic E-state index is 0.432. The van der Waals surface area contributed by atoms with Crippen LogP contribution in [0, 0.1) is 0 Å². The Hall–Kier alpha value is -2.30. The molecule has 2 aromatic carbocycles. The highest BCUT2D eigenvalue weighted by Gasteiger charge is 2.12. The van der Waals surface area contributed by atoms with E-state index < -0.39 is 0 Å². The number of nitrogens with zero attached hydrogens (tertiary/aromatic N) is 2. The summed E-state index contributed by atoms with van der Waals surface area (Å²) in [5.74, 6) is 1.01. The van der Waals surface area contributed by atoms with Crippen LogP contribution in [0.2, 0.25) is 10.0 Å². The number of fused-ring (bicyclic) bond motifs is 3. The monoisotopic (exact) mass is 329 g/mol. The number of benzene rings is 2. The maximum atomic E-state index is 6.01. The van der Waals surface area contributed by atoms with Crippen molar-refractivity contribution in [1.29, 1.82) is 0 Å². The number of H-pyrrole nitrogens is 1. The molecule has 108 valence electrons. The molecule has 0 unspecified atom stereocenters. The summed E-state index contributed by atoms with van der Waals surface area (Å²) in [5, 5.41) is 1.94. The minimum atomic E-state index is 0.432. The fourth-order valence-corrected chi connectivity index (χ4v) is 2.64. The molecule has 0 saturated carbocycles. The second kappa shape index (κ2) is 5.16. The summed E-state index contributed by atoms with van der Waals surface area (Å²) >= 11 is 11.9. The lowest BCUT2D eigenvalue weighted by Gasteiger charge is -2.06. The van der Waals surface area contributed by atoms with Crippen LogP contribution < -0.4 is 4.74 Å². The first-order chi connectivity index (χ1) is 10.7. The van der Waals surface area contributed by atoms with Crippen molar-refractivity contribution in [2.75, 3.05) is 0 Å². The molecule has 0 amide bonds. The molecular weight excluding hydrogens is 321 g/mol. The van der Waals surface area contributed by atoms with E-state index in [1.165, 1.54) is 6.33 Å². The number of aromatic nitrogens is 3. The molecular formula is C16H9Cl2N3O. The molecule has 0 radical (unpaired) electrons. The molecule has 0 aliphatic rings. The summed E-state index contributed by atoms with van der Waals surface area (Å²) in [5.41, 5.74) is 2.55. The fraction of sp³-hybridized carbons (Fsp3) is 0. The van der Waals surface area contributed by atoms with E-state index in [4.69, 9.17) is 27.9 Å². The molecule has 0 spiro atoms. The Bertz CT molecular complexity index is 997. The number of halogens is 2. The highest BCUT2D eigenvalue weighted by Crippen LogP contribution is 2.33. The maximum absolute atomic E-state index is 6.01. The van der Waals surface area contributed by atoms with Crippen LogP contribution in [0.3, 0.4) is 0 Å². The van der Waals surface area contributed by atoms with Crippen LogP contribution in [-0.4, -0.2) is 15.0 Å². The van der Waals surface area contributed by atoms with E-state index in [-0.39, 0.29) is 0 Å². The number of ether oxygens (including phenoxy) is 1. The number of rotatable bonds is 2. The average Bonchev–Trinajstić information content (AvgIpc) is 2.91. The lowest BCUT2D eigenvalue weighted by Crippen LogP contribution is -1.90. The van der Waals surface area contributed by atoms with Crippen molar-refractivity contribution in [3.05, 3.63) is 58.8 Å². The predicted molar refractivity (Wildman–Crippen MR) is 87.9 cm³/mol. The van der Waals surface area contributed by atoms with Gasteiger partial charge in [-0.1, -0.05) is 41.4 Å². The highest BCUT2D eigenvalue weighted by atomic mass is 35.5. The van der Waals surface area contributed by atoms with Crippen molar-refractivity contribution in [2.45, 2.75) is 0 Å². The zero-order valence-corrected chi connectivity index (χ0v) is 12.7. The molecule has 0 aliphatic carbocycles. The second-order valence-electron chi connectivity index (χ2n) is 4.75. The number of hydrogen-bond donors (Lipinski definition) is 1. The molecule has 4 aromatic rings. The number of hydrogen-bond acceptors (Lipinski definition) is 3. The first kappa shape index (κ1) is 13.4. The SMILES string of the molecule is Clc1ccc(Oc2ncnc3c2[nH]c2ccccc23)cc1Cl. The van der Waals surface area contributed by atoms with Gasteiger partial charge in [0.25, 0.3) is 0 Å². The maximum Gasteiger partial charge on any atom is 0.247 e. The molecule has 0 atom stereocenters. The van der Waals surface area contributed by atoms with Crippen LogP contribution in [0.1, 0.15) is 0 Å². The minimum Gasteiger partial charge on any atom is -0.437 e. The topological polar surface area (TPSA) is 50.8 Å². The van der Waals surface area contributed by atoms with Gasteiger partial charge in [0, 0.05) is 17.0 Å². The molecule has 22 heavy (non-hydrogen) atoms. The van der Waals surface area contributed by atoms with Crippen molar-refractivity contribution in [1.82, 2.24) is 15.0 Å². The van der Waals surface area contributed by atoms with Crippen LogP contribution in [0.5, 0.6) is 11.6 Å². The van der Waals surface area contributed by atoms with E-state index in [0.717, 1.165) is 21.9 Å². The van der Waals surface area contributed by atoms with Gasteiger partial charge in [-0.2, -0.15) is 4.98 Å². The molecule has 0 fully saturated rings. The average molecular weight is 330 g/mol. The summed E-state index contributed by atoms with van der Waals surface area (Å²) in [6, 6.07) is 13.0. The van der Waals surface area contributed by atoms with Gasteiger partial charge in [0.15, 0.2) is 0 Å².